The summed E-state index contributed by atoms with van der Waals surface area (Å²) in [6.07, 6.45) is 6.03. The molecule has 0 aromatic heterocycles. The lowest BCUT2D eigenvalue weighted by Crippen LogP contribution is -2.48. The van der Waals surface area contributed by atoms with E-state index in [-0.39, 0.29) is 11.9 Å². The van der Waals surface area contributed by atoms with E-state index in [9.17, 15) is 4.79 Å². The Bertz CT molecular complexity index is 487. The zero-order chi connectivity index (χ0) is 14.8. The lowest BCUT2D eigenvalue weighted by molar-refractivity contribution is -0.123. The van der Waals surface area contributed by atoms with Crippen LogP contribution < -0.4 is 11.1 Å². The number of hydrogen-bond acceptors (Lipinski definition) is 2. The first kappa shape index (κ1) is 14.6. The van der Waals surface area contributed by atoms with Crippen molar-refractivity contribution in [3.63, 3.8) is 0 Å². The molecule has 114 valence electrons. The van der Waals surface area contributed by atoms with Gasteiger partial charge in [-0.25, -0.2) is 0 Å². The third kappa shape index (κ3) is 3.29. The Hall–Kier alpha value is -1.35. The molecular weight excluding hydrogens is 260 g/mol. The minimum atomic E-state index is -0.451. The maximum atomic E-state index is 12.3. The van der Waals surface area contributed by atoms with E-state index in [0.29, 0.717) is 12.3 Å². The number of benzene rings is 1. The summed E-state index contributed by atoms with van der Waals surface area (Å²) in [6, 6.07) is 9.80. The van der Waals surface area contributed by atoms with Crippen molar-refractivity contribution in [1.82, 2.24) is 5.32 Å². The van der Waals surface area contributed by atoms with Gasteiger partial charge in [-0.05, 0) is 55.9 Å². The smallest absolute Gasteiger partial charge is 0.237 e. The van der Waals surface area contributed by atoms with E-state index in [0.717, 1.165) is 17.4 Å². The Kier molecular flexibility index (Phi) is 4.29. The molecule has 2 aliphatic rings. The molecule has 3 N–H and O–H groups in total. The minimum absolute atomic E-state index is 0.00544. The molecule has 3 nitrogen and oxygen atoms in total. The van der Waals surface area contributed by atoms with Crippen molar-refractivity contribution in [2.45, 2.75) is 51.1 Å². The Labute approximate surface area is 127 Å². The molecule has 0 heterocycles. The van der Waals surface area contributed by atoms with Crippen molar-refractivity contribution >= 4 is 5.91 Å². The highest BCUT2D eigenvalue weighted by atomic mass is 16.2. The van der Waals surface area contributed by atoms with Crippen LogP contribution in [0.15, 0.2) is 30.3 Å². The summed E-state index contributed by atoms with van der Waals surface area (Å²) in [6.45, 7) is 2.15. The van der Waals surface area contributed by atoms with Crippen LogP contribution in [0, 0.1) is 17.8 Å². The molecule has 0 saturated heterocycles. The number of rotatable bonds is 5. The monoisotopic (exact) mass is 286 g/mol. The zero-order valence-corrected chi connectivity index (χ0v) is 12.8. The van der Waals surface area contributed by atoms with Gasteiger partial charge >= 0.3 is 0 Å². The molecule has 4 unspecified atom stereocenters. The van der Waals surface area contributed by atoms with Crippen LogP contribution in [0.2, 0.25) is 0 Å². The number of fused-ring (bicyclic) bond motifs is 2. The average Bonchev–Trinajstić information content (AvgIpc) is 3.11. The van der Waals surface area contributed by atoms with E-state index in [1.807, 2.05) is 30.3 Å². The van der Waals surface area contributed by atoms with Crippen molar-refractivity contribution in [2.24, 2.45) is 23.5 Å². The fourth-order valence-electron chi connectivity index (χ4n) is 4.31. The zero-order valence-electron chi connectivity index (χ0n) is 12.8. The van der Waals surface area contributed by atoms with E-state index in [4.69, 9.17) is 5.73 Å². The minimum Gasteiger partial charge on any atom is -0.352 e. The number of carbonyl (C=O) groups is 1. The highest BCUT2D eigenvalue weighted by Crippen LogP contribution is 2.49. The van der Waals surface area contributed by atoms with Gasteiger partial charge in [-0.1, -0.05) is 36.8 Å². The highest BCUT2D eigenvalue weighted by Gasteiger charge is 2.42. The molecule has 3 rings (SSSR count). The summed E-state index contributed by atoms with van der Waals surface area (Å²) in [5.74, 6) is 2.40. The van der Waals surface area contributed by atoms with Gasteiger partial charge in [0.05, 0.1) is 6.04 Å². The van der Waals surface area contributed by atoms with Gasteiger partial charge in [0.1, 0.15) is 0 Å². The second-order valence-corrected chi connectivity index (χ2v) is 6.93. The van der Waals surface area contributed by atoms with E-state index in [2.05, 4.69) is 12.2 Å². The number of nitrogens with one attached hydrogen (secondary N) is 1. The van der Waals surface area contributed by atoms with Crippen molar-refractivity contribution in [3.05, 3.63) is 35.9 Å². The van der Waals surface area contributed by atoms with Gasteiger partial charge in [-0.2, -0.15) is 0 Å². The van der Waals surface area contributed by atoms with Crippen LogP contribution in [-0.4, -0.2) is 18.0 Å². The Morgan fingerprint density at radius 3 is 2.67 bits per heavy atom. The maximum absolute atomic E-state index is 12.3. The standard InChI is InChI=1S/C18H26N2O/c1-12(16-10-14-7-8-15(16)9-14)20-18(21)17(19)11-13-5-3-2-4-6-13/h2-6,12,14-17H,7-11,19H2,1H3,(H,20,21)/t12?,14?,15?,16?,17-/m1/s1. The van der Waals surface area contributed by atoms with Gasteiger partial charge < -0.3 is 11.1 Å². The van der Waals surface area contributed by atoms with Crippen molar-refractivity contribution in [2.75, 3.05) is 0 Å². The van der Waals surface area contributed by atoms with Crippen molar-refractivity contribution in [3.8, 4) is 0 Å². The second kappa shape index (κ2) is 6.18. The molecule has 0 spiro atoms. The van der Waals surface area contributed by atoms with E-state index >= 15 is 0 Å². The first-order valence-electron chi connectivity index (χ1n) is 8.23. The molecule has 1 aromatic rings. The van der Waals surface area contributed by atoms with Crippen LogP contribution in [0.25, 0.3) is 0 Å². The number of nitrogens with two attached hydrogens (primary N) is 1. The molecule has 3 heteroatoms. The third-order valence-electron chi connectivity index (χ3n) is 5.44. The molecule has 0 aliphatic heterocycles. The van der Waals surface area contributed by atoms with Gasteiger partial charge in [0.25, 0.3) is 0 Å². The van der Waals surface area contributed by atoms with Crippen LogP contribution in [0.1, 0.15) is 38.2 Å². The number of amides is 1. The van der Waals surface area contributed by atoms with E-state index in [1.165, 1.54) is 25.7 Å². The van der Waals surface area contributed by atoms with Crippen molar-refractivity contribution < 1.29 is 4.79 Å². The van der Waals surface area contributed by atoms with Crippen LogP contribution in [0.4, 0.5) is 0 Å². The van der Waals surface area contributed by atoms with Crippen LogP contribution >= 0.6 is 0 Å². The number of carbonyl (C=O) groups excluding carboxylic acids is 1. The molecular formula is C18H26N2O. The molecule has 21 heavy (non-hydrogen) atoms. The Morgan fingerprint density at radius 2 is 2.05 bits per heavy atom. The predicted octanol–water partition coefficient (Wildman–Crippen LogP) is 2.50. The maximum Gasteiger partial charge on any atom is 0.237 e. The lowest BCUT2D eigenvalue weighted by Gasteiger charge is -2.29. The van der Waals surface area contributed by atoms with Crippen molar-refractivity contribution in [1.29, 1.82) is 0 Å². The van der Waals surface area contributed by atoms with Crippen LogP contribution in [0.3, 0.4) is 0 Å². The van der Waals surface area contributed by atoms with Crippen LogP contribution in [0.5, 0.6) is 0 Å². The molecule has 2 fully saturated rings. The van der Waals surface area contributed by atoms with E-state index < -0.39 is 6.04 Å². The lowest BCUT2D eigenvalue weighted by atomic mass is 9.84. The molecule has 2 saturated carbocycles. The number of hydrogen-bond donors (Lipinski definition) is 2. The largest absolute Gasteiger partial charge is 0.352 e. The van der Waals surface area contributed by atoms with Gasteiger partial charge in [-0.3, -0.25) is 4.79 Å². The highest BCUT2D eigenvalue weighted by molar-refractivity contribution is 5.82. The summed E-state index contributed by atoms with van der Waals surface area (Å²) in [5.41, 5.74) is 7.18. The van der Waals surface area contributed by atoms with Gasteiger partial charge in [0.2, 0.25) is 5.91 Å². The first-order valence-corrected chi connectivity index (χ1v) is 8.23. The Morgan fingerprint density at radius 1 is 1.29 bits per heavy atom. The third-order valence-corrected chi connectivity index (χ3v) is 5.44. The molecule has 0 radical (unpaired) electrons. The Balaban J connectivity index is 1.51. The first-order chi connectivity index (χ1) is 10.1. The normalized spacial score (nSPS) is 30.1. The topological polar surface area (TPSA) is 55.1 Å². The fourth-order valence-corrected chi connectivity index (χ4v) is 4.31. The molecule has 2 bridgehead atoms. The second-order valence-electron chi connectivity index (χ2n) is 6.93. The molecule has 1 aromatic carbocycles. The van der Waals surface area contributed by atoms with Crippen LogP contribution in [-0.2, 0) is 11.2 Å². The average molecular weight is 286 g/mol. The fraction of sp³-hybridized carbons (Fsp3) is 0.611. The van der Waals surface area contributed by atoms with Gasteiger partial charge in [0.15, 0.2) is 0 Å². The molecule has 2 aliphatic carbocycles. The summed E-state index contributed by atoms with van der Waals surface area (Å²) in [4.78, 5) is 12.3. The predicted molar refractivity (Wildman–Crippen MR) is 84.7 cm³/mol. The summed E-state index contributed by atoms with van der Waals surface area (Å²) < 4.78 is 0. The summed E-state index contributed by atoms with van der Waals surface area (Å²) in [5, 5.41) is 3.16. The summed E-state index contributed by atoms with van der Waals surface area (Å²) >= 11 is 0. The SMILES string of the molecule is CC(NC(=O)[C@H](N)Cc1ccccc1)C1CC2CCC1C2. The molecule has 5 atom stereocenters. The van der Waals surface area contributed by atoms with Gasteiger partial charge in [0, 0.05) is 6.04 Å². The van der Waals surface area contributed by atoms with E-state index in [1.54, 1.807) is 0 Å². The molecule has 1 amide bonds. The van der Waals surface area contributed by atoms with Gasteiger partial charge in [-0.15, -0.1) is 0 Å². The summed E-state index contributed by atoms with van der Waals surface area (Å²) in [7, 11) is 0. The quantitative estimate of drug-likeness (QED) is 0.874.